The van der Waals surface area contributed by atoms with Gasteiger partial charge in [-0.2, -0.15) is 0 Å². The van der Waals surface area contributed by atoms with Gasteiger partial charge in [0.1, 0.15) is 6.10 Å². The molecule has 0 aromatic carbocycles. The number of rotatable bonds is 4. The molecule has 5 heteroatoms. The number of hydrogen-bond acceptors (Lipinski definition) is 4. The first-order valence-corrected chi connectivity index (χ1v) is 4.96. The largest absolute Gasteiger partial charge is 0.412 e. The number of aliphatic hydroxyl groups excluding tert-OH is 4. The zero-order valence-electron chi connectivity index (χ0n) is 10.3. The van der Waals surface area contributed by atoms with Gasteiger partial charge in [0.05, 0.1) is 13.2 Å². The minimum absolute atomic E-state index is 0. The van der Waals surface area contributed by atoms with Gasteiger partial charge >= 0.3 is 0 Å². The van der Waals surface area contributed by atoms with Gasteiger partial charge in [-0.15, -0.1) is 0 Å². The van der Waals surface area contributed by atoms with Crippen LogP contribution in [0.4, 0.5) is 0 Å². The van der Waals surface area contributed by atoms with Crippen molar-refractivity contribution in [3.05, 3.63) is 0 Å². The van der Waals surface area contributed by atoms with Crippen LogP contribution in [0.1, 0.15) is 55.9 Å². The molecule has 0 rings (SSSR count). The Kier molecular flexibility index (Phi) is 104. The third-order valence-electron chi connectivity index (χ3n) is 1.82. The predicted octanol–water partition coefficient (Wildman–Crippen LogP) is 1.47. The summed E-state index contributed by atoms with van der Waals surface area (Å²) >= 11 is 0. The molecule has 5 nitrogen and oxygen atoms in total. The van der Waals surface area contributed by atoms with Crippen molar-refractivity contribution in [1.29, 1.82) is 0 Å². The van der Waals surface area contributed by atoms with E-state index in [9.17, 15) is 0 Å². The molecule has 18 heavy (non-hydrogen) atoms. The first-order valence-electron chi connectivity index (χ1n) is 4.96. The molecule has 0 aromatic heterocycles. The minimum Gasteiger partial charge on any atom is -0.412 e. The van der Waals surface area contributed by atoms with E-state index in [2.05, 4.69) is 20.8 Å². The van der Waals surface area contributed by atoms with Gasteiger partial charge in [0.15, 0.2) is 0 Å². The van der Waals surface area contributed by atoms with Crippen molar-refractivity contribution in [2.24, 2.45) is 5.92 Å². The molecule has 6 N–H and O–H groups in total. The smallest absolute Gasteiger partial charge is 0.100 e. The van der Waals surface area contributed by atoms with Crippen LogP contribution in [0.3, 0.4) is 0 Å². The third-order valence-corrected chi connectivity index (χ3v) is 1.82. The zero-order valence-corrected chi connectivity index (χ0v) is 10.3. The summed E-state index contributed by atoms with van der Waals surface area (Å²) in [7, 11) is 1.00. The molecule has 0 unspecified atom stereocenters. The molecule has 0 saturated carbocycles. The maximum atomic E-state index is 8.17. The van der Waals surface area contributed by atoms with Gasteiger partial charge in [-0.1, -0.05) is 55.9 Å². The Balaban J connectivity index is -0.0000000197. The Hall–Kier alpha value is -0.200. The Morgan fingerprint density at radius 3 is 1.06 bits per heavy atom. The second-order valence-corrected chi connectivity index (χ2v) is 2.94. The standard InChI is InChI=1S/C6H14.C3H8O3.CH4O.3CH4.H2O/c1-4-6(3)5-2;4-1-3(6)2-5;1-2;;;;/h6H,4-5H2,1-3H3;3-6H,1-2H2;2H,1H3;3*1H4;1H2. The van der Waals surface area contributed by atoms with Crippen molar-refractivity contribution >= 4 is 0 Å². The fourth-order valence-corrected chi connectivity index (χ4v) is 0.346. The van der Waals surface area contributed by atoms with E-state index in [1.54, 1.807) is 0 Å². The van der Waals surface area contributed by atoms with Crippen LogP contribution in [0.15, 0.2) is 0 Å². The van der Waals surface area contributed by atoms with Crippen LogP contribution in [0.2, 0.25) is 0 Å². The molecule has 0 aromatic rings. The lowest BCUT2D eigenvalue weighted by atomic mass is 10.1. The Labute approximate surface area is 115 Å². The van der Waals surface area contributed by atoms with Gasteiger partial charge in [0, 0.05) is 7.11 Å². The maximum Gasteiger partial charge on any atom is 0.100 e. The van der Waals surface area contributed by atoms with Crippen LogP contribution < -0.4 is 0 Å². The number of hydrogen-bond donors (Lipinski definition) is 4. The highest BCUT2D eigenvalue weighted by molar-refractivity contribution is 4.44. The Morgan fingerprint density at radius 2 is 1.06 bits per heavy atom. The highest BCUT2D eigenvalue weighted by Gasteiger charge is 1.93. The van der Waals surface area contributed by atoms with Crippen LogP contribution >= 0.6 is 0 Å². The number of aliphatic hydroxyl groups is 4. The van der Waals surface area contributed by atoms with Crippen LogP contribution in [0, 0.1) is 5.92 Å². The summed E-state index contributed by atoms with van der Waals surface area (Å²) in [4.78, 5) is 0. The summed E-state index contributed by atoms with van der Waals surface area (Å²) in [6.07, 6.45) is 1.71. The molecule has 0 amide bonds. The summed E-state index contributed by atoms with van der Waals surface area (Å²) in [5, 5.41) is 31.0. The molecule has 0 heterocycles. The van der Waals surface area contributed by atoms with E-state index < -0.39 is 6.10 Å². The van der Waals surface area contributed by atoms with E-state index >= 15 is 0 Å². The van der Waals surface area contributed by atoms with Gasteiger partial charge in [0.25, 0.3) is 0 Å². The van der Waals surface area contributed by atoms with Crippen molar-refractivity contribution in [3.63, 3.8) is 0 Å². The highest BCUT2D eigenvalue weighted by atomic mass is 16.3. The van der Waals surface area contributed by atoms with E-state index in [4.69, 9.17) is 20.4 Å². The second kappa shape index (κ2) is 43.7. The average molecular weight is 276 g/mol. The quantitative estimate of drug-likeness (QED) is 0.622. The minimum atomic E-state index is -0.954. The molecule has 0 radical (unpaired) electrons. The van der Waals surface area contributed by atoms with E-state index in [0.29, 0.717) is 0 Å². The summed E-state index contributed by atoms with van der Waals surface area (Å²) in [6.45, 7) is 6.01. The lowest BCUT2D eigenvalue weighted by Crippen LogP contribution is -2.15. The lowest BCUT2D eigenvalue weighted by molar-refractivity contribution is 0.0450. The zero-order chi connectivity index (χ0) is 12.0. The monoisotopic (exact) mass is 276 g/mol. The third kappa shape index (κ3) is 56.9. The van der Waals surface area contributed by atoms with Gasteiger partial charge < -0.3 is 25.9 Å². The van der Waals surface area contributed by atoms with Gasteiger partial charge in [-0.05, 0) is 5.92 Å². The van der Waals surface area contributed by atoms with Crippen molar-refractivity contribution in [1.82, 2.24) is 0 Å². The molecule has 0 atom stereocenters. The van der Waals surface area contributed by atoms with Crippen molar-refractivity contribution < 1.29 is 25.9 Å². The first kappa shape index (κ1) is 43.1. The predicted molar refractivity (Wildman–Crippen MR) is 81.9 cm³/mol. The molecule has 0 aliphatic carbocycles. The maximum absolute atomic E-state index is 8.17. The van der Waals surface area contributed by atoms with E-state index in [-0.39, 0.29) is 41.0 Å². The van der Waals surface area contributed by atoms with Gasteiger partial charge in [-0.25, -0.2) is 0 Å². The molecule has 0 bridgehead atoms. The topological polar surface area (TPSA) is 112 Å². The fraction of sp³-hybridized carbons (Fsp3) is 1.00. The normalized spacial score (nSPS) is 7.00. The molecule has 0 fully saturated rings. The first-order chi connectivity index (χ1) is 6.62. The molecule has 0 spiro atoms. The van der Waals surface area contributed by atoms with E-state index in [1.165, 1.54) is 12.8 Å². The van der Waals surface area contributed by atoms with Crippen molar-refractivity contribution in [3.8, 4) is 0 Å². The second-order valence-electron chi connectivity index (χ2n) is 2.94. The van der Waals surface area contributed by atoms with Crippen LogP contribution in [0.5, 0.6) is 0 Å². The Bertz CT molecular complexity index is 63.8. The highest BCUT2D eigenvalue weighted by Crippen LogP contribution is 2.02. The van der Waals surface area contributed by atoms with E-state index in [0.717, 1.165) is 13.0 Å². The average Bonchev–Trinajstić information content (AvgIpc) is 2.30. The van der Waals surface area contributed by atoms with E-state index in [1.807, 2.05) is 0 Å². The van der Waals surface area contributed by atoms with Crippen molar-refractivity contribution in [2.45, 2.75) is 62.0 Å². The van der Waals surface area contributed by atoms with Crippen LogP contribution in [-0.4, -0.2) is 52.3 Å². The summed E-state index contributed by atoms with van der Waals surface area (Å²) in [5.74, 6) is 0.935. The lowest BCUT2D eigenvalue weighted by Gasteiger charge is -1.98. The molecular formula is C13H40O5. The van der Waals surface area contributed by atoms with Gasteiger partial charge in [-0.3, -0.25) is 0 Å². The molecule has 0 saturated heterocycles. The molecule has 0 aliphatic heterocycles. The molecule has 0 aliphatic rings. The molecule has 122 valence electrons. The molecular weight excluding hydrogens is 236 g/mol. The Morgan fingerprint density at radius 1 is 0.833 bits per heavy atom. The summed E-state index contributed by atoms with van der Waals surface area (Å²) in [5.41, 5.74) is 0. The van der Waals surface area contributed by atoms with Crippen LogP contribution in [-0.2, 0) is 0 Å². The SMILES string of the molecule is C.C.C.CCC(C)CC.CO.O.OCC(O)CO. The fourth-order valence-electron chi connectivity index (χ4n) is 0.346. The van der Waals surface area contributed by atoms with Crippen molar-refractivity contribution in [2.75, 3.05) is 20.3 Å². The van der Waals surface area contributed by atoms with Crippen LogP contribution in [0.25, 0.3) is 0 Å². The summed E-state index contributed by atoms with van der Waals surface area (Å²) in [6, 6.07) is 0. The summed E-state index contributed by atoms with van der Waals surface area (Å²) < 4.78 is 0. The van der Waals surface area contributed by atoms with Gasteiger partial charge in [0.2, 0.25) is 0 Å².